The predicted octanol–water partition coefficient (Wildman–Crippen LogP) is 7.37. The van der Waals surface area contributed by atoms with E-state index in [1.807, 2.05) is 30.3 Å². The average Bonchev–Trinajstić information content (AvgIpc) is 3.11. The summed E-state index contributed by atoms with van der Waals surface area (Å²) in [6.07, 6.45) is 3.17. The van der Waals surface area contributed by atoms with Gasteiger partial charge in [0.05, 0.1) is 18.8 Å². The van der Waals surface area contributed by atoms with E-state index in [1.165, 1.54) is 22.6 Å². The monoisotopic (exact) mass is 630 g/mol. The number of halogens is 2. The van der Waals surface area contributed by atoms with Gasteiger partial charge in [-0.05, 0) is 91.4 Å². The average molecular weight is 632 g/mol. The van der Waals surface area contributed by atoms with E-state index in [0.717, 1.165) is 18.2 Å². The lowest BCUT2D eigenvalue weighted by atomic mass is 10.1. The molecule has 1 aliphatic heterocycles. The number of ether oxygens (including phenoxy) is 1. The Morgan fingerprint density at radius 1 is 0.972 bits per heavy atom. The van der Waals surface area contributed by atoms with Gasteiger partial charge < -0.3 is 4.74 Å². The fourth-order valence-corrected chi connectivity index (χ4v) is 5.96. The van der Waals surface area contributed by atoms with E-state index in [-0.39, 0.29) is 23.4 Å². The summed E-state index contributed by atoms with van der Waals surface area (Å²) >= 11 is 7.92. The molecule has 10 heteroatoms. The van der Waals surface area contributed by atoms with Crippen LogP contribution in [0.5, 0.6) is 5.75 Å². The third kappa shape index (κ3) is 6.43. The zero-order chi connectivity index (χ0) is 25.7. The summed E-state index contributed by atoms with van der Waals surface area (Å²) in [6, 6.07) is 19.8. The molecule has 1 heterocycles. The number of imide groups is 1. The van der Waals surface area contributed by atoms with E-state index in [0.29, 0.717) is 43.7 Å². The molecule has 4 rings (SSSR count). The summed E-state index contributed by atoms with van der Waals surface area (Å²) in [5.41, 5.74) is 2.54. The topological polar surface area (TPSA) is 89.7 Å². The van der Waals surface area contributed by atoms with E-state index in [4.69, 9.17) is 4.74 Å². The lowest BCUT2D eigenvalue weighted by molar-refractivity contribution is -0.384. The van der Waals surface area contributed by atoms with Crippen molar-refractivity contribution in [3.05, 3.63) is 107 Å². The van der Waals surface area contributed by atoms with Gasteiger partial charge in [0.25, 0.3) is 16.8 Å². The molecule has 1 aliphatic rings. The van der Waals surface area contributed by atoms with Crippen molar-refractivity contribution in [1.82, 2.24) is 4.90 Å². The van der Waals surface area contributed by atoms with Gasteiger partial charge in [-0.3, -0.25) is 24.6 Å². The number of nitrogens with zero attached hydrogens (tertiary/aromatic N) is 2. The van der Waals surface area contributed by atoms with Crippen LogP contribution in [0.4, 0.5) is 10.5 Å². The fraction of sp³-hybridized carbons (Fsp3) is 0.154. The normalized spacial score (nSPS) is 14.5. The summed E-state index contributed by atoms with van der Waals surface area (Å²) in [5.74, 6) is 0.226. The van der Waals surface area contributed by atoms with Crippen LogP contribution in [0.3, 0.4) is 0 Å². The van der Waals surface area contributed by atoms with E-state index >= 15 is 0 Å². The predicted molar refractivity (Wildman–Crippen MR) is 147 cm³/mol. The molecule has 0 radical (unpaired) electrons. The Labute approximate surface area is 228 Å². The second-order valence-corrected chi connectivity index (χ2v) is 10.7. The maximum absolute atomic E-state index is 12.9. The van der Waals surface area contributed by atoms with Crippen LogP contribution in [0.2, 0.25) is 0 Å². The molecule has 0 unspecified atom stereocenters. The minimum Gasteiger partial charge on any atom is -0.487 e. The summed E-state index contributed by atoms with van der Waals surface area (Å²) in [7, 11) is 0. The van der Waals surface area contributed by atoms with Crippen LogP contribution in [0.1, 0.15) is 23.1 Å². The highest BCUT2D eigenvalue weighted by Crippen LogP contribution is 2.38. The highest BCUT2D eigenvalue weighted by molar-refractivity contribution is 9.11. The summed E-state index contributed by atoms with van der Waals surface area (Å²) in [4.78, 5) is 37.5. The van der Waals surface area contributed by atoms with Gasteiger partial charge in [-0.1, -0.05) is 42.5 Å². The van der Waals surface area contributed by atoms with Crippen molar-refractivity contribution in [3.63, 3.8) is 0 Å². The smallest absolute Gasteiger partial charge is 0.293 e. The second kappa shape index (κ2) is 11.9. The molecule has 2 amide bonds. The summed E-state index contributed by atoms with van der Waals surface area (Å²) in [5, 5.41) is 10.7. The van der Waals surface area contributed by atoms with Crippen molar-refractivity contribution in [1.29, 1.82) is 0 Å². The zero-order valence-corrected chi connectivity index (χ0v) is 22.8. The number of aryl methyl sites for hydroxylation is 1. The molecule has 1 fully saturated rings. The molecule has 0 aromatic heterocycles. The first-order valence-corrected chi connectivity index (χ1v) is 13.4. The number of carbonyl (C=O) groups is 2. The maximum Gasteiger partial charge on any atom is 0.293 e. The zero-order valence-electron chi connectivity index (χ0n) is 18.9. The van der Waals surface area contributed by atoms with Gasteiger partial charge in [0, 0.05) is 18.7 Å². The third-order valence-electron chi connectivity index (χ3n) is 5.39. The number of nitro groups is 1. The molecule has 3 aromatic rings. The molecule has 0 aliphatic carbocycles. The number of thioether (sulfide) groups is 1. The van der Waals surface area contributed by atoms with Gasteiger partial charge in [-0.15, -0.1) is 0 Å². The molecular weight excluding hydrogens is 612 g/mol. The van der Waals surface area contributed by atoms with Crippen LogP contribution in [0.15, 0.2) is 80.6 Å². The highest BCUT2D eigenvalue weighted by atomic mass is 79.9. The molecule has 3 aromatic carbocycles. The van der Waals surface area contributed by atoms with Crippen LogP contribution in [0.25, 0.3) is 6.08 Å². The molecule has 0 bridgehead atoms. The molecule has 0 saturated carbocycles. The molecule has 1 saturated heterocycles. The maximum atomic E-state index is 12.9. The van der Waals surface area contributed by atoms with Crippen LogP contribution < -0.4 is 4.74 Å². The first-order valence-electron chi connectivity index (χ1n) is 11.0. The van der Waals surface area contributed by atoms with Gasteiger partial charge in [-0.2, -0.15) is 0 Å². The Bertz CT molecular complexity index is 1320. The number of nitro benzene ring substituents is 1. The molecular formula is C26H20Br2N2O5S. The molecule has 36 heavy (non-hydrogen) atoms. The van der Waals surface area contributed by atoms with Crippen LogP contribution in [0, 0.1) is 10.1 Å². The van der Waals surface area contributed by atoms with Gasteiger partial charge in [-0.25, -0.2) is 0 Å². The Morgan fingerprint density at radius 2 is 1.67 bits per heavy atom. The minimum absolute atomic E-state index is 0.00130. The first kappa shape index (κ1) is 26.1. The largest absolute Gasteiger partial charge is 0.487 e. The third-order valence-corrected chi connectivity index (χ3v) is 7.47. The van der Waals surface area contributed by atoms with Crippen molar-refractivity contribution >= 4 is 66.5 Å². The van der Waals surface area contributed by atoms with E-state index in [1.54, 1.807) is 30.3 Å². The van der Waals surface area contributed by atoms with Crippen molar-refractivity contribution in [3.8, 4) is 5.75 Å². The van der Waals surface area contributed by atoms with Crippen LogP contribution in [-0.4, -0.2) is 27.5 Å². The number of hydrogen-bond acceptors (Lipinski definition) is 6. The number of benzene rings is 3. The number of hydrogen-bond donors (Lipinski definition) is 0. The van der Waals surface area contributed by atoms with Gasteiger partial charge in [0.1, 0.15) is 12.4 Å². The van der Waals surface area contributed by atoms with Crippen LogP contribution >= 0.6 is 43.6 Å². The van der Waals surface area contributed by atoms with E-state index in [9.17, 15) is 19.7 Å². The molecule has 0 atom stereocenters. The SMILES string of the molecule is O=C1S/C(=C/c2cc(Br)c(OCc3cccc([N+](=O)[O-])c3)c(Br)c2)C(=O)N1CCCc1ccccc1. The van der Waals surface area contributed by atoms with Crippen molar-refractivity contribution in [2.24, 2.45) is 0 Å². The lowest BCUT2D eigenvalue weighted by Crippen LogP contribution is -2.29. The van der Waals surface area contributed by atoms with Crippen molar-refractivity contribution < 1.29 is 19.2 Å². The number of non-ortho nitro benzene ring substituents is 1. The summed E-state index contributed by atoms with van der Waals surface area (Å²) in [6.45, 7) is 0.509. The molecule has 184 valence electrons. The number of carbonyl (C=O) groups excluding carboxylic acids is 2. The molecule has 0 spiro atoms. The standard InChI is InChI=1S/C26H20Br2N2O5S/c27-21-13-19(14-22(28)24(21)35-16-18-8-4-10-20(12-18)30(33)34)15-23-25(31)29(26(32)36-23)11-5-9-17-6-2-1-3-7-17/h1-4,6-8,10,12-15H,5,9,11,16H2/b23-15+. The van der Waals surface area contributed by atoms with Crippen molar-refractivity contribution in [2.45, 2.75) is 19.4 Å². The Morgan fingerprint density at radius 3 is 2.36 bits per heavy atom. The minimum atomic E-state index is -0.449. The van der Waals surface area contributed by atoms with Crippen molar-refractivity contribution in [2.75, 3.05) is 6.54 Å². The highest BCUT2D eigenvalue weighted by Gasteiger charge is 2.34. The first-order chi connectivity index (χ1) is 17.3. The van der Waals surface area contributed by atoms with E-state index in [2.05, 4.69) is 31.9 Å². The Kier molecular flexibility index (Phi) is 8.60. The number of amides is 2. The quantitative estimate of drug-likeness (QED) is 0.139. The lowest BCUT2D eigenvalue weighted by Gasteiger charge is -2.12. The Hall–Kier alpha value is -2.95. The Balaban J connectivity index is 1.41. The van der Waals surface area contributed by atoms with Crippen LogP contribution in [-0.2, 0) is 17.8 Å². The van der Waals surface area contributed by atoms with E-state index < -0.39 is 4.92 Å². The second-order valence-electron chi connectivity index (χ2n) is 7.95. The molecule has 0 N–H and O–H groups in total. The van der Waals surface area contributed by atoms with Gasteiger partial charge in [0.2, 0.25) is 0 Å². The number of rotatable bonds is 9. The van der Waals surface area contributed by atoms with Gasteiger partial charge in [0.15, 0.2) is 0 Å². The molecule has 7 nitrogen and oxygen atoms in total. The van der Waals surface area contributed by atoms with Gasteiger partial charge >= 0.3 is 0 Å². The summed E-state index contributed by atoms with van der Waals surface area (Å²) < 4.78 is 7.15. The fourth-order valence-electron chi connectivity index (χ4n) is 3.65.